The largest absolute Gasteiger partial charge is 0.389 e. The summed E-state index contributed by atoms with van der Waals surface area (Å²) in [4.78, 5) is 25.8. The molecule has 1 aliphatic rings. The van der Waals surface area contributed by atoms with Crippen molar-refractivity contribution in [2.24, 2.45) is 0 Å². The van der Waals surface area contributed by atoms with Gasteiger partial charge < -0.3 is 15.2 Å². The Bertz CT molecular complexity index is 925. The summed E-state index contributed by atoms with van der Waals surface area (Å²) in [6.07, 6.45) is -1.12. The molecule has 0 bridgehead atoms. The van der Waals surface area contributed by atoms with Crippen LogP contribution in [-0.2, 0) is 21.7 Å². The molecule has 3 rings (SSSR count). The molecule has 2 aromatic rings. The normalized spacial score (nSPS) is 20.1. The predicted molar refractivity (Wildman–Crippen MR) is 101 cm³/mol. The van der Waals surface area contributed by atoms with Crippen molar-refractivity contribution in [2.75, 3.05) is 13.2 Å². The van der Waals surface area contributed by atoms with Crippen molar-refractivity contribution in [3.8, 4) is 0 Å². The minimum atomic E-state index is -1.56. The Morgan fingerprint density at radius 3 is 2.52 bits per heavy atom. The van der Waals surface area contributed by atoms with E-state index in [1.165, 1.54) is 13.0 Å². The van der Waals surface area contributed by atoms with Crippen LogP contribution in [-0.4, -0.2) is 41.2 Å². The number of carbonyl (C=O) groups excluding carboxylic acids is 2. The SMILES string of the molecule is CC1(c2ccc(F)c(F)c2)NC(=O)N(CC(O)COCc2ccc(Cl)cc2)C1=O. The lowest BCUT2D eigenvalue weighted by molar-refractivity contribution is -0.132. The molecular formula is C20H19ClF2N2O4. The second kappa shape index (κ2) is 8.44. The second-order valence-corrected chi connectivity index (χ2v) is 7.33. The molecule has 1 fully saturated rings. The van der Waals surface area contributed by atoms with Gasteiger partial charge in [0.15, 0.2) is 11.6 Å². The maximum Gasteiger partial charge on any atom is 0.325 e. The highest BCUT2D eigenvalue weighted by Crippen LogP contribution is 2.29. The molecule has 0 spiro atoms. The van der Waals surface area contributed by atoms with Gasteiger partial charge in [0.05, 0.1) is 25.9 Å². The van der Waals surface area contributed by atoms with E-state index in [2.05, 4.69) is 5.32 Å². The third-order valence-corrected chi connectivity index (χ3v) is 4.91. The first kappa shape index (κ1) is 21.2. The lowest BCUT2D eigenvalue weighted by atomic mass is 9.92. The quantitative estimate of drug-likeness (QED) is 0.670. The van der Waals surface area contributed by atoms with E-state index in [0.29, 0.717) is 5.02 Å². The maximum absolute atomic E-state index is 13.6. The molecule has 3 amide bonds. The van der Waals surface area contributed by atoms with Gasteiger partial charge in [-0.3, -0.25) is 9.69 Å². The minimum Gasteiger partial charge on any atom is -0.389 e. The van der Waals surface area contributed by atoms with Crippen molar-refractivity contribution in [2.45, 2.75) is 25.2 Å². The maximum atomic E-state index is 13.6. The standard InChI is InChI=1S/C20H19ClF2N2O4/c1-20(13-4-7-16(22)17(23)8-13)18(27)25(19(28)24-20)9-15(26)11-29-10-12-2-5-14(21)6-3-12/h2-8,15,26H,9-11H2,1H3,(H,24,28). The van der Waals surface area contributed by atoms with Crippen LogP contribution < -0.4 is 5.32 Å². The zero-order valence-electron chi connectivity index (χ0n) is 15.5. The average Bonchev–Trinajstić information content (AvgIpc) is 2.89. The van der Waals surface area contributed by atoms with Gasteiger partial charge in [-0.2, -0.15) is 0 Å². The smallest absolute Gasteiger partial charge is 0.325 e. The lowest BCUT2D eigenvalue weighted by Gasteiger charge is -2.23. The Morgan fingerprint density at radius 1 is 1.17 bits per heavy atom. The number of aliphatic hydroxyl groups is 1. The number of nitrogens with one attached hydrogen (secondary N) is 1. The fraction of sp³-hybridized carbons (Fsp3) is 0.300. The Balaban J connectivity index is 1.60. The number of β-amino-alcohol motifs (C(OH)–C–C–N with tert-alkyl or cyclic N) is 1. The number of amides is 3. The predicted octanol–water partition coefficient (Wildman–Crippen LogP) is 2.96. The van der Waals surface area contributed by atoms with Crippen molar-refractivity contribution in [1.82, 2.24) is 10.2 Å². The molecule has 1 heterocycles. The molecule has 2 atom stereocenters. The lowest BCUT2D eigenvalue weighted by Crippen LogP contribution is -2.42. The van der Waals surface area contributed by atoms with Gasteiger partial charge in [0, 0.05) is 5.02 Å². The number of rotatable bonds is 7. The van der Waals surface area contributed by atoms with Crippen LogP contribution in [0.2, 0.25) is 5.02 Å². The van der Waals surface area contributed by atoms with Gasteiger partial charge in [-0.25, -0.2) is 13.6 Å². The number of hydrogen-bond acceptors (Lipinski definition) is 4. The Kier molecular flexibility index (Phi) is 6.16. The summed E-state index contributed by atoms with van der Waals surface area (Å²) in [5.41, 5.74) is -0.608. The van der Waals surface area contributed by atoms with E-state index >= 15 is 0 Å². The molecule has 2 N–H and O–H groups in total. The second-order valence-electron chi connectivity index (χ2n) is 6.90. The summed E-state index contributed by atoms with van der Waals surface area (Å²) in [6.45, 7) is 1.20. The first-order chi connectivity index (χ1) is 13.7. The summed E-state index contributed by atoms with van der Waals surface area (Å²) in [6, 6.07) is 9.22. The summed E-state index contributed by atoms with van der Waals surface area (Å²) in [7, 11) is 0. The van der Waals surface area contributed by atoms with Crippen LogP contribution in [0, 0.1) is 11.6 Å². The molecule has 29 heavy (non-hydrogen) atoms. The van der Waals surface area contributed by atoms with E-state index in [1.54, 1.807) is 24.3 Å². The Hall–Kier alpha value is -2.55. The van der Waals surface area contributed by atoms with Crippen molar-refractivity contribution in [3.05, 3.63) is 70.2 Å². The number of imide groups is 1. The number of nitrogens with zero attached hydrogens (tertiary/aromatic N) is 1. The number of urea groups is 1. The Morgan fingerprint density at radius 2 is 1.86 bits per heavy atom. The van der Waals surface area contributed by atoms with Crippen LogP contribution in [0.3, 0.4) is 0 Å². The molecule has 2 aromatic carbocycles. The first-order valence-electron chi connectivity index (χ1n) is 8.80. The summed E-state index contributed by atoms with van der Waals surface area (Å²) in [5.74, 6) is -2.86. The van der Waals surface area contributed by atoms with Gasteiger partial charge in [-0.05, 0) is 42.3 Å². The van der Waals surface area contributed by atoms with Gasteiger partial charge in [-0.1, -0.05) is 29.8 Å². The van der Waals surface area contributed by atoms with Gasteiger partial charge in [0.25, 0.3) is 5.91 Å². The average molecular weight is 425 g/mol. The van der Waals surface area contributed by atoms with Crippen LogP contribution in [0.25, 0.3) is 0 Å². The first-order valence-corrected chi connectivity index (χ1v) is 9.18. The number of ether oxygens (including phenoxy) is 1. The zero-order chi connectivity index (χ0) is 21.2. The van der Waals surface area contributed by atoms with Crippen LogP contribution in [0.5, 0.6) is 0 Å². The van der Waals surface area contributed by atoms with Crippen molar-refractivity contribution >= 4 is 23.5 Å². The molecule has 6 nitrogen and oxygen atoms in total. The van der Waals surface area contributed by atoms with Crippen LogP contribution >= 0.6 is 11.6 Å². The molecule has 0 aliphatic carbocycles. The summed E-state index contributed by atoms with van der Waals surface area (Å²) < 4.78 is 32.2. The van der Waals surface area contributed by atoms with Gasteiger partial charge in [0.2, 0.25) is 0 Å². The third-order valence-electron chi connectivity index (χ3n) is 4.66. The van der Waals surface area contributed by atoms with Crippen molar-refractivity contribution in [3.63, 3.8) is 0 Å². The Labute approximate surface area is 171 Å². The van der Waals surface area contributed by atoms with E-state index in [4.69, 9.17) is 16.3 Å². The molecule has 154 valence electrons. The molecule has 1 saturated heterocycles. The van der Waals surface area contributed by atoms with Crippen molar-refractivity contribution < 1.29 is 28.2 Å². The molecular weight excluding hydrogens is 406 g/mol. The van der Waals surface area contributed by atoms with Crippen molar-refractivity contribution in [1.29, 1.82) is 0 Å². The number of halogens is 3. The van der Waals surface area contributed by atoms with Gasteiger partial charge >= 0.3 is 6.03 Å². The minimum absolute atomic E-state index is 0.103. The van der Waals surface area contributed by atoms with E-state index in [0.717, 1.165) is 22.6 Å². The van der Waals surface area contributed by atoms with E-state index < -0.39 is 35.2 Å². The third kappa shape index (κ3) is 4.55. The summed E-state index contributed by atoms with van der Waals surface area (Å²) in [5, 5.41) is 13.2. The number of hydrogen-bond donors (Lipinski definition) is 2. The fourth-order valence-electron chi connectivity index (χ4n) is 3.02. The number of carbonyl (C=O) groups is 2. The van der Waals surface area contributed by atoms with Crippen LogP contribution in [0.4, 0.5) is 13.6 Å². The topological polar surface area (TPSA) is 78.9 Å². The summed E-state index contributed by atoms with van der Waals surface area (Å²) >= 11 is 5.81. The number of benzene rings is 2. The van der Waals surface area contributed by atoms with E-state index in [9.17, 15) is 23.5 Å². The molecule has 9 heteroatoms. The van der Waals surface area contributed by atoms with E-state index in [-0.39, 0.29) is 25.3 Å². The van der Waals surface area contributed by atoms with E-state index in [1.807, 2.05) is 0 Å². The highest BCUT2D eigenvalue weighted by atomic mass is 35.5. The van der Waals surface area contributed by atoms with Crippen LogP contribution in [0.15, 0.2) is 42.5 Å². The highest BCUT2D eigenvalue weighted by molar-refractivity contribution is 6.30. The number of aliphatic hydroxyl groups excluding tert-OH is 1. The molecule has 0 saturated carbocycles. The molecule has 1 aliphatic heterocycles. The highest BCUT2D eigenvalue weighted by Gasteiger charge is 2.49. The fourth-order valence-corrected chi connectivity index (χ4v) is 3.15. The zero-order valence-corrected chi connectivity index (χ0v) is 16.2. The monoisotopic (exact) mass is 424 g/mol. The molecule has 0 aromatic heterocycles. The van der Waals surface area contributed by atoms with Crippen LogP contribution in [0.1, 0.15) is 18.1 Å². The van der Waals surface area contributed by atoms with Gasteiger partial charge in [-0.15, -0.1) is 0 Å². The molecule has 0 radical (unpaired) electrons. The molecule has 2 unspecified atom stereocenters. The van der Waals surface area contributed by atoms with Gasteiger partial charge in [0.1, 0.15) is 5.54 Å².